The van der Waals surface area contributed by atoms with Crippen molar-refractivity contribution in [3.05, 3.63) is 53.6 Å². The molecular formula is C15H18N2OS. The molecule has 100 valence electrons. The van der Waals surface area contributed by atoms with Crippen molar-refractivity contribution in [2.24, 2.45) is 5.73 Å². The molecule has 0 atom stereocenters. The van der Waals surface area contributed by atoms with E-state index in [1.54, 1.807) is 17.4 Å². The molecule has 1 heterocycles. The van der Waals surface area contributed by atoms with Crippen LogP contribution >= 0.6 is 11.3 Å². The van der Waals surface area contributed by atoms with Crippen molar-refractivity contribution in [1.82, 2.24) is 4.98 Å². The Labute approximate surface area is 117 Å². The second-order valence-electron chi connectivity index (χ2n) is 4.19. The molecule has 0 bridgehead atoms. The molecule has 1 aromatic carbocycles. The largest absolute Gasteiger partial charge is 0.373 e. The van der Waals surface area contributed by atoms with E-state index in [4.69, 9.17) is 10.5 Å². The summed E-state index contributed by atoms with van der Waals surface area (Å²) in [4.78, 5) is 4.59. The zero-order valence-electron chi connectivity index (χ0n) is 10.8. The summed E-state index contributed by atoms with van der Waals surface area (Å²) < 4.78 is 5.45. The molecule has 0 spiro atoms. The minimum Gasteiger partial charge on any atom is -0.373 e. The predicted molar refractivity (Wildman–Crippen MR) is 80.2 cm³/mol. The van der Waals surface area contributed by atoms with Gasteiger partial charge >= 0.3 is 0 Å². The Kier molecular flexibility index (Phi) is 5.27. The Morgan fingerprint density at radius 1 is 1.42 bits per heavy atom. The van der Waals surface area contributed by atoms with E-state index < -0.39 is 0 Å². The number of aromatic nitrogens is 1. The van der Waals surface area contributed by atoms with E-state index in [9.17, 15) is 0 Å². The number of rotatable bonds is 7. The van der Waals surface area contributed by atoms with Crippen LogP contribution in [0.4, 0.5) is 0 Å². The summed E-state index contributed by atoms with van der Waals surface area (Å²) in [6.07, 6.45) is 2.59. The summed E-state index contributed by atoms with van der Waals surface area (Å²) in [6.45, 7) is 5.44. The lowest BCUT2D eigenvalue weighted by molar-refractivity contribution is 0.149. The quantitative estimate of drug-likeness (QED) is 0.623. The third-order valence-corrected chi connectivity index (χ3v) is 3.57. The van der Waals surface area contributed by atoms with E-state index in [0.717, 1.165) is 28.2 Å². The molecule has 4 heteroatoms. The van der Waals surface area contributed by atoms with E-state index in [2.05, 4.69) is 35.1 Å². The maximum atomic E-state index is 5.54. The molecule has 19 heavy (non-hydrogen) atoms. The van der Waals surface area contributed by atoms with Gasteiger partial charge < -0.3 is 10.5 Å². The van der Waals surface area contributed by atoms with Crippen LogP contribution in [0.3, 0.4) is 0 Å². The predicted octanol–water partition coefficient (Wildman–Crippen LogP) is 3.01. The molecule has 0 aliphatic carbocycles. The number of nitrogens with zero attached hydrogens (tertiary/aromatic N) is 1. The average Bonchev–Trinajstić information content (AvgIpc) is 2.89. The zero-order valence-corrected chi connectivity index (χ0v) is 11.7. The summed E-state index contributed by atoms with van der Waals surface area (Å²) in [6, 6.07) is 8.28. The minimum atomic E-state index is 0.572. The highest BCUT2D eigenvalue weighted by atomic mass is 32.1. The van der Waals surface area contributed by atoms with E-state index in [-0.39, 0.29) is 0 Å². The first-order valence-corrected chi connectivity index (χ1v) is 7.14. The fourth-order valence-electron chi connectivity index (χ4n) is 1.76. The summed E-state index contributed by atoms with van der Waals surface area (Å²) in [5, 5.41) is 3.11. The summed E-state index contributed by atoms with van der Waals surface area (Å²) in [7, 11) is 0. The molecule has 0 saturated carbocycles. The van der Waals surface area contributed by atoms with Crippen LogP contribution in [-0.4, -0.2) is 18.1 Å². The zero-order chi connectivity index (χ0) is 13.5. The van der Waals surface area contributed by atoms with Crippen LogP contribution in [-0.2, 0) is 17.8 Å². The summed E-state index contributed by atoms with van der Waals surface area (Å²) in [5.74, 6) is 0. The highest BCUT2D eigenvalue weighted by Crippen LogP contribution is 2.24. The van der Waals surface area contributed by atoms with E-state index in [1.807, 2.05) is 6.07 Å². The maximum Gasteiger partial charge on any atom is 0.123 e. The van der Waals surface area contributed by atoms with Gasteiger partial charge in [-0.3, -0.25) is 0 Å². The molecular weight excluding hydrogens is 256 g/mol. The molecule has 2 rings (SSSR count). The Bertz CT molecular complexity index is 536. The Hall–Kier alpha value is -1.49. The Morgan fingerprint density at radius 3 is 3.11 bits per heavy atom. The van der Waals surface area contributed by atoms with Crippen molar-refractivity contribution in [2.45, 2.75) is 13.0 Å². The van der Waals surface area contributed by atoms with Crippen molar-refractivity contribution in [2.75, 3.05) is 13.2 Å². The second kappa shape index (κ2) is 7.19. The lowest BCUT2D eigenvalue weighted by Gasteiger charge is -2.03. The molecule has 2 aromatic rings. The normalized spacial score (nSPS) is 10.6. The van der Waals surface area contributed by atoms with Crippen LogP contribution in [0.15, 0.2) is 42.3 Å². The molecule has 2 N–H and O–H groups in total. The van der Waals surface area contributed by atoms with Gasteiger partial charge in [-0.15, -0.1) is 17.9 Å². The highest BCUT2D eigenvalue weighted by Gasteiger charge is 2.05. The molecule has 0 amide bonds. The van der Waals surface area contributed by atoms with Crippen LogP contribution in [0.25, 0.3) is 10.6 Å². The van der Waals surface area contributed by atoms with Gasteiger partial charge in [-0.05, 0) is 18.2 Å². The molecule has 3 nitrogen and oxygen atoms in total. The van der Waals surface area contributed by atoms with Crippen LogP contribution in [0.5, 0.6) is 0 Å². The number of benzene rings is 1. The van der Waals surface area contributed by atoms with Crippen molar-refractivity contribution < 1.29 is 4.74 Å². The molecule has 0 saturated heterocycles. The van der Waals surface area contributed by atoms with Crippen LogP contribution < -0.4 is 5.73 Å². The van der Waals surface area contributed by atoms with Gasteiger partial charge in [-0.1, -0.05) is 24.3 Å². The van der Waals surface area contributed by atoms with Crippen LogP contribution in [0.1, 0.15) is 11.3 Å². The fraction of sp³-hybridized carbons (Fsp3) is 0.267. The topological polar surface area (TPSA) is 48.1 Å². The number of ether oxygens (including phenoxy) is 1. The van der Waals surface area contributed by atoms with Crippen molar-refractivity contribution >= 4 is 11.3 Å². The van der Waals surface area contributed by atoms with E-state index in [0.29, 0.717) is 19.8 Å². The van der Waals surface area contributed by atoms with E-state index in [1.165, 1.54) is 0 Å². The third kappa shape index (κ3) is 3.99. The maximum absolute atomic E-state index is 5.54. The number of hydrogen-bond donors (Lipinski definition) is 1. The van der Waals surface area contributed by atoms with Gasteiger partial charge in [0.1, 0.15) is 5.01 Å². The lowest BCUT2D eigenvalue weighted by Crippen LogP contribution is -2.02. The number of thiazole rings is 1. The highest BCUT2D eigenvalue weighted by molar-refractivity contribution is 7.13. The molecule has 0 radical (unpaired) electrons. The van der Waals surface area contributed by atoms with Gasteiger partial charge in [0, 0.05) is 17.4 Å². The lowest BCUT2D eigenvalue weighted by atomic mass is 10.1. The summed E-state index contributed by atoms with van der Waals surface area (Å²) in [5.41, 5.74) is 8.89. The van der Waals surface area contributed by atoms with Gasteiger partial charge in [0.25, 0.3) is 0 Å². The van der Waals surface area contributed by atoms with Crippen LogP contribution in [0.2, 0.25) is 0 Å². The monoisotopic (exact) mass is 274 g/mol. The van der Waals surface area contributed by atoms with Crippen LogP contribution in [0, 0.1) is 0 Å². The SMILES string of the molecule is C=CCOCc1cccc(-c2nc(CCN)cs2)c1. The molecule has 0 fully saturated rings. The Balaban J connectivity index is 2.10. The van der Waals surface area contributed by atoms with Crippen molar-refractivity contribution in [1.29, 1.82) is 0 Å². The smallest absolute Gasteiger partial charge is 0.123 e. The van der Waals surface area contributed by atoms with Gasteiger partial charge in [-0.25, -0.2) is 4.98 Å². The van der Waals surface area contributed by atoms with E-state index >= 15 is 0 Å². The van der Waals surface area contributed by atoms with Crippen molar-refractivity contribution in [3.8, 4) is 10.6 Å². The van der Waals surface area contributed by atoms with Gasteiger partial charge in [0.05, 0.1) is 18.9 Å². The van der Waals surface area contributed by atoms with Gasteiger partial charge in [-0.2, -0.15) is 0 Å². The first kappa shape index (κ1) is 13.9. The minimum absolute atomic E-state index is 0.572. The summed E-state index contributed by atoms with van der Waals surface area (Å²) >= 11 is 1.66. The first-order valence-electron chi connectivity index (χ1n) is 6.26. The van der Waals surface area contributed by atoms with Crippen molar-refractivity contribution in [3.63, 3.8) is 0 Å². The number of hydrogen-bond acceptors (Lipinski definition) is 4. The standard InChI is InChI=1S/C15H18N2OS/c1-2-8-18-10-12-4-3-5-13(9-12)15-17-14(6-7-16)11-19-15/h2-5,9,11H,1,6-8,10,16H2. The fourth-order valence-corrected chi connectivity index (χ4v) is 2.61. The van der Waals surface area contributed by atoms with Gasteiger partial charge in [0.15, 0.2) is 0 Å². The average molecular weight is 274 g/mol. The molecule has 0 aliphatic rings. The van der Waals surface area contributed by atoms with Gasteiger partial charge in [0.2, 0.25) is 0 Å². The molecule has 0 unspecified atom stereocenters. The molecule has 0 aliphatic heterocycles. The number of nitrogens with two attached hydrogens (primary N) is 1. The first-order chi connectivity index (χ1) is 9.33. The molecule has 1 aromatic heterocycles. The third-order valence-electron chi connectivity index (χ3n) is 2.63. The second-order valence-corrected chi connectivity index (χ2v) is 5.04. The Morgan fingerprint density at radius 2 is 2.32 bits per heavy atom.